The lowest BCUT2D eigenvalue weighted by molar-refractivity contribution is -0.384. The van der Waals surface area contributed by atoms with Crippen molar-refractivity contribution in [1.82, 2.24) is 0 Å². The largest absolute Gasteiger partial charge is 0.460 e. The minimum atomic E-state index is -0.676. The molecule has 1 aliphatic heterocycles. The van der Waals surface area contributed by atoms with Gasteiger partial charge in [0, 0.05) is 23.4 Å². The van der Waals surface area contributed by atoms with E-state index in [1.165, 1.54) is 24.3 Å². The van der Waals surface area contributed by atoms with Crippen molar-refractivity contribution >= 4 is 29.0 Å². The van der Waals surface area contributed by atoms with Crippen LogP contribution in [0.15, 0.2) is 48.5 Å². The van der Waals surface area contributed by atoms with E-state index >= 15 is 0 Å². The molecule has 2 aromatic carbocycles. The highest BCUT2D eigenvalue weighted by molar-refractivity contribution is 6.39. The third kappa shape index (κ3) is 3.23. The van der Waals surface area contributed by atoms with E-state index in [-0.39, 0.29) is 23.6 Å². The fraction of sp³-hybridized carbons (Fsp3) is 0.118. The first-order valence-corrected chi connectivity index (χ1v) is 7.37. The summed E-state index contributed by atoms with van der Waals surface area (Å²) < 4.78 is 4.87. The number of esters is 1. The molecule has 1 saturated heterocycles. The molecule has 126 valence electrons. The van der Waals surface area contributed by atoms with Crippen molar-refractivity contribution in [2.24, 2.45) is 0 Å². The van der Waals surface area contributed by atoms with Crippen LogP contribution in [0.1, 0.15) is 21.8 Å². The average Bonchev–Trinajstić information content (AvgIpc) is 2.94. The van der Waals surface area contributed by atoms with Crippen LogP contribution in [0.3, 0.4) is 0 Å². The molecule has 0 bridgehead atoms. The van der Waals surface area contributed by atoms with Gasteiger partial charge in [0.05, 0.1) is 10.8 Å². The zero-order chi connectivity index (χ0) is 18.0. The Bertz CT molecular complexity index is 893. The van der Waals surface area contributed by atoms with E-state index < -0.39 is 22.7 Å². The smallest absolute Gasteiger partial charge is 0.352 e. The summed E-state index contributed by atoms with van der Waals surface area (Å²) in [4.78, 5) is 34.1. The van der Waals surface area contributed by atoms with Crippen LogP contribution in [0.4, 0.5) is 11.4 Å². The molecule has 1 atom stereocenters. The Balaban J connectivity index is 1.87. The second kappa shape index (κ2) is 6.52. The molecule has 0 aliphatic carbocycles. The molecule has 8 nitrogen and oxygen atoms in total. The maximum Gasteiger partial charge on any atom is 0.352 e. The molecule has 1 unspecified atom stereocenters. The van der Waals surface area contributed by atoms with E-state index in [1.54, 1.807) is 24.3 Å². The number of nitrogens with zero attached hydrogens (tertiary/aromatic N) is 1. The van der Waals surface area contributed by atoms with Crippen molar-refractivity contribution in [2.75, 3.05) is 11.9 Å². The average molecular weight is 339 g/mol. The number of nitrogens with one attached hydrogen (secondary N) is 2. The normalized spacial score (nSPS) is 16.4. The summed E-state index contributed by atoms with van der Waals surface area (Å²) in [6.07, 6.45) is 0. The molecule has 0 aromatic heterocycles. The van der Waals surface area contributed by atoms with Crippen molar-refractivity contribution in [1.29, 1.82) is 5.41 Å². The number of non-ortho nitro benzene ring substituents is 1. The first-order chi connectivity index (χ1) is 12.0. The van der Waals surface area contributed by atoms with Gasteiger partial charge in [-0.3, -0.25) is 20.3 Å². The van der Waals surface area contributed by atoms with E-state index in [9.17, 15) is 19.7 Å². The van der Waals surface area contributed by atoms with Gasteiger partial charge in [-0.15, -0.1) is 0 Å². The standard InChI is InChI=1S/C17H13N3O5/c18-15-13(9-25-17(15)22)12-6-1-2-7-14(12)19-16(21)10-4-3-5-11(8-10)20(23)24/h1-8,13,18H,9H2,(H,19,21). The first kappa shape index (κ1) is 16.3. The molecular weight excluding hydrogens is 326 g/mol. The molecule has 25 heavy (non-hydrogen) atoms. The van der Waals surface area contributed by atoms with E-state index in [2.05, 4.69) is 5.32 Å². The molecule has 2 N–H and O–H groups in total. The van der Waals surface area contributed by atoms with Gasteiger partial charge in [-0.05, 0) is 17.7 Å². The molecule has 1 aliphatic rings. The molecule has 2 aromatic rings. The number of hydrogen-bond donors (Lipinski definition) is 2. The van der Waals surface area contributed by atoms with Gasteiger partial charge in [-0.25, -0.2) is 4.79 Å². The minimum absolute atomic E-state index is 0.0430. The number of nitro groups is 1. The molecule has 0 saturated carbocycles. The number of benzene rings is 2. The van der Waals surface area contributed by atoms with Gasteiger partial charge in [0.25, 0.3) is 11.6 Å². The molecule has 1 heterocycles. The van der Waals surface area contributed by atoms with Gasteiger partial charge in [0.1, 0.15) is 12.3 Å². The van der Waals surface area contributed by atoms with Crippen LogP contribution in [-0.2, 0) is 9.53 Å². The van der Waals surface area contributed by atoms with Crippen molar-refractivity contribution in [3.05, 3.63) is 69.8 Å². The van der Waals surface area contributed by atoms with Crippen molar-refractivity contribution in [2.45, 2.75) is 5.92 Å². The fourth-order valence-electron chi connectivity index (χ4n) is 2.58. The second-order valence-corrected chi connectivity index (χ2v) is 5.41. The van der Waals surface area contributed by atoms with Crippen LogP contribution in [0.2, 0.25) is 0 Å². The first-order valence-electron chi connectivity index (χ1n) is 7.37. The fourth-order valence-corrected chi connectivity index (χ4v) is 2.58. The predicted octanol–water partition coefficient (Wildman–Crippen LogP) is 2.51. The number of nitro benzene ring substituents is 1. The Kier molecular flexibility index (Phi) is 4.25. The highest BCUT2D eigenvalue weighted by Gasteiger charge is 2.33. The van der Waals surface area contributed by atoms with Gasteiger partial charge in [0.15, 0.2) is 0 Å². The number of hydrogen-bond acceptors (Lipinski definition) is 6. The summed E-state index contributed by atoms with van der Waals surface area (Å²) >= 11 is 0. The van der Waals surface area contributed by atoms with E-state index in [0.717, 1.165) is 0 Å². The maximum absolute atomic E-state index is 12.4. The van der Waals surface area contributed by atoms with Gasteiger partial charge >= 0.3 is 5.97 Å². The van der Waals surface area contributed by atoms with Crippen molar-refractivity contribution < 1.29 is 19.2 Å². The lowest BCUT2D eigenvalue weighted by Gasteiger charge is -2.14. The summed E-state index contributed by atoms with van der Waals surface area (Å²) in [5.41, 5.74) is 0.788. The Morgan fingerprint density at radius 3 is 2.68 bits per heavy atom. The SMILES string of the molecule is N=C1C(=O)OCC1c1ccccc1NC(=O)c1cccc([N+](=O)[O-])c1. The van der Waals surface area contributed by atoms with Crippen molar-refractivity contribution in [3.63, 3.8) is 0 Å². The van der Waals surface area contributed by atoms with Crippen LogP contribution in [0, 0.1) is 15.5 Å². The number of ether oxygens (including phenoxy) is 1. The lowest BCUT2D eigenvalue weighted by Crippen LogP contribution is -2.17. The molecule has 0 radical (unpaired) electrons. The third-order valence-electron chi connectivity index (χ3n) is 3.85. The summed E-state index contributed by atoms with van der Waals surface area (Å²) in [5.74, 6) is -1.76. The number of anilines is 1. The molecule has 1 amide bonds. The molecule has 8 heteroatoms. The van der Waals surface area contributed by atoms with Crippen LogP contribution >= 0.6 is 0 Å². The highest BCUT2D eigenvalue weighted by atomic mass is 16.6. The Morgan fingerprint density at radius 1 is 1.24 bits per heavy atom. The van der Waals surface area contributed by atoms with Crippen LogP contribution in [0.25, 0.3) is 0 Å². The monoisotopic (exact) mass is 339 g/mol. The van der Waals surface area contributed by atoms with Gasteiger partial charge < -0.3 is 10.1 Å². The van der Waals surface area contributed by atoms with Crippen LogP contribution in [0.5, 0.6) is 0 Å². The maximum atomic E-state index is 12.4. The Morgan fingerprint density at radius 2 is 2.00 bits per heavy atom. The molecule has 0 spiro atoms. The number of carbonyl (C=O) groups is 2. The van der Waals surface area contributed by atoms with E-state index in [4.69, 9.17) is 10.1 Å². The number of carbonyl (C=O) groups excluding carboxylic acids is 2. The number of cyclic esters (lactones) is 1. The summed E-state index contributed by atoms with van der Waals surface area (Å²) in [6.45, 7) is 0.0430. The van der Waals surface area contributed by atoms with E-state index in [1.807, 2.05) is 0 Å². The number of para-hydroxylation sites is 1. The second-order valence-electron chi connectivity index (χ2n) is 5.41. The zero-order valence-corrected chi connectivity index (χ0v) is 12.9. The quantitative estimate of drug-likeness (QED) is 0.503. The topological polar surface area (TPSA) is 122 Å². The van der Waals surface area contributed by atoms with E-state index in [0.29, 0.717) is 11.3 Å². The third-order valence-corrected chi connectivity index (χ3v) is 3.85. The highest BCUT2D eigenvalue weighted by Crippen LogP contribution is 2.30. The van der Waals surface area contributed by atoms with Gasteiger partial charge in [0.2, 0.25) is 0 Å². The lowest BCUT2D eigenvalue weighted by atomic mass is 9.95. The zero-order valence-electron chi connectivity index (χ0n) is 12.9. The molecular formula is C17H13N3O5. The van der Waals surface area contributed by atoms with Crippen molar-refractivity contribution in [3.8, 4) is 0 Å². The minimum Gasteiger partial charge on any atom is -0.460 e. The Hall–Kier alpha value is -3.55. The molecule has 3 rings (SSSR count). The predicted molar refractivity (Wildman–Crippen MR) is 88.9 cm³/mol. The van der Waals surface area contributed by atoms with Crippen LogP contribution in [-0.4, -0.2) is 29.1 Å². The summed E-state index contributed by atoms with van der Waals surface area (Å²) in [7, 11) is 0. The Labute approximate surface area is 142 Å². The summed E-state index contributed by atoms with van der Waals surface area (Å²) in [5, 5.41) is 21.3. The molecule has 1 fully saturated rings. The summed E-state index contributed by atoms with van der Waals surface area (Å²) in [6, 6.07) is 12.1. The van der Waals surface area contributed by atoms with Gasteiger partial charge in [-0.2, -0.15) is 0 Å². The number of rotatable bonds is 4. The van der Waals surface area contributed by atoms with Crippen LogP contribution < -0.4 is 5.32 Å². The number of amides is 1. The van der Waals surface area contributed by atoms with Gasteiger partial charge in [-0.1, -0.05) is 24.3 Å².